The fourth-order valence-corrected chi connectivity index (χ4v) is 2.99. The third kappa shape index (κ3) is 1.02. The van der Waals surface area contributed by atoms with Crippen LogP contribution in [0.15, 0.2) is 11.8 Å². The van der Waals surface area contributed by atoms with Crippen LogP contribution in [0.5, 0.6) is 0 Å². The number of aliphatic carboxylic acids is 1. The molecule has 3 N–H and O–H groups in total. The predicted octanol–water partition coefficient (Wildman–Crippen LogP) is -1.79. The second-order valence-electron chi connectivity index (χ2n) is 3.07. The van der Waals surface area contributed by atoms with Crippen molar-refractivity contribution in [3.63, 3.8) is 0 Å². The van der Waals surface area contributed by atoms with E-state index in [1.165, 1.54) is 6.08 Å². The fraction of sp³-hybridized carbons (Fsp3) is 0.429. The Kier molecular flexibility index (Phi) is 1.93. The number of nitrogens with two attached hydrogens (primary N) is 1. The predicted molar refractivity (Wildman–Crippen MR) is 47.3 cm³/mol. The second kappa shape index (κ2) is 2.89. The monoisotopic (exact) mass is 216 g/mol. The lowest BCUT2D eigenvalue weighted by Gasteiger charge is -2.46. The highest BCUT2D eigenvalue weighted by Gasteiger charge is 2.53. The van der Waals surface area contributed by atoms with Crippen molar-refractivity contribution in [2.75, 3.05) is 5.75 Å². The smallest absolute Gasteiger partial charge is 0.352 e. The van der Waals surface area contributed by atoms with E-state index in [0.717, 1.165) is 4.90 Å². The highest BCUT2D eigenvalue weighted by molar-refractivity contribution is 7.86. The number of nitrogens with zero attached hydrogens (tertiary/aromatic N) is 1. The molecule has 1 fully saturated rings. The van der Waals surface area contributed by atoms with E-state index in [1.807, 2.05) is 0 Å². The SMILES string of the molecule is N[C@H]1C(=O)N2C(C(=O)O)=CCS(=O)[C@@H]12. The summed E-state index contributed by atoms with van der Waals surface area (Å²) < 4.78 is 11.4. The van der Waals surface area contributed by atoms with Crippen molar-refractivity contribution in [1.29, 1.82) is 0 Å². The quantitative estimate of drug-likeness (QED) is 0.504. The molecular weight excluding hydrogens is 208 g/mol. The summed E-state index contributed by atoms with van der Waals surface area (Å²) in [7, 11) is -1.28. The van der Waals surface area contributed by atoms with Crippen LogP contribution in [0.2, 0.25) is 0 Å². The standard InChI is InChI=1S/C7H8N2O4S/c8-4-5(10)9-3(7(11)12)1-2-14(13)6(4)9/h1,4,6H,2,8H2,(H,11,12)/t4-,6-,14?/m0/s1. The minimum Gasteiger partial charge on any atom is -0.477 e. The van der Waals surface area contributed by atoms with Gasteiger partial charge < -0.3 is 10.8 Å². The molecule has 0 aromatic heterocycles. The number of hydrogen-bond donors (Lipinski definition) is 2. The van der Waals surface area contributed by atoms with Gasteiger partial charge in [-0.2, -0.15) is 0 Å². The zero-order valence-electron chi connectivity index (χ0n) is 7.04. The molecule has 2 aliphatic rings. The molecular formula is C7H8N2O4S. The molecule has 1 amide bonds. The Bertz CT molecular complexity index is 378. The van der Waals surface area contributed by atoms with E-state index in [2.05, 4.69) is 0 Å². The number of rotatable bonds is 1. The molecule has 0 aromatic rings. The Hall–Kier alpha value is -1.21. The molecule has 0 spiro atoms. The average Bonchev–Trinajstić information content (AvgIpc) is 2.15. The van der Waals surface area contributed by atoms with Gasteiger partial charge in [-0.05, 0) is 6.08 Å². The highest BCUT2D eigenvalue weighted by atomic mass is 32.2. The van der Waals surface area contributed by atoms with Gasteiger partial charge in [0.05, 0.1) is 10.8 Å². The number of carbonyl (C=O) groups excluding carboxylic acids is 1. The molecule has 2 rings (SSSR count). The molecule has 1 unspecified atom stereocenters. The summed E-state index contributed by atoms with van der Waals surface area (Å²) in [6.07, 6.45) is 1.29. The van der Waals surface area contributed by atoms with Crippen LogP contribution in [-0.2, 0) is 20.4 Å². The molecule has 3 atom stereocenters. The van der Waals surface area contributed by atoms with Crippen molar-refractivity contribution < 1.29 is 18.9 Å². The minimum absolute atomic E-state index is 0.110. The van der Waals surface area contributed by atoms with Crippen molar-refractivity contribution in [2.24, 2.45) is 5.73 Å². The number of carboxylic acid groups (broad SMARTS) is 1. The van der Waals surface area contributed by atoms with E-state index < -0.39 is 34.1 Å². The number of amides is 1. The third-order valence-electron chi connectivity index (χ3n) is 2.27. The maximum Gasteiger partial charge on any atom is 0.352 e. The molecule has 2 aliphatic heterocycles. The Morgan fingerprint density at radius 3 is 2.93 bits per heavy atom. The number of carboxylic acids is 1. The Morgan fingerprint density at radius 1 is 1.71 bits per heavy atom. The Balaban J connectivity index is 2.37. The summed E-state index contributed by atoms with van der Waals surface area (Å²) in [5.74, 6) is -1.52. The van der Waals surface area contributed by atoms with Crippen molar-refractivity contribution in [1.82, 2.24) is 4.90 Å². The molecule has 7 heteroatoms. The lowest BCUT2D eigenvalue weighted by atomic mass is 10.1. The van der Waals surface area contributed by atoms with Crippen LogP contribution >= 0.6 is 0 Å². The Morgan fingerprint density at radius 2 is 2.36 bits per heavy atom. The molecule has 0 saturated carbocycles. The van der Waals surface area contributed by atoms with E-state index in [0.29, 0.717) is 0 Å². The van der Waals surface area contributed by atoms with Gasteiger partial charge in [-0.15, -0.1) is 0 Å². The maximum atomic E-state index is 11.4. The van der Waals surface area contributed by atoms with Crippen molar-refractivity contribution in [3.8, 4) is 0 Å². The van der Waals surface area contributed by atoms with Gasteiger partial charge in [-0.25, -0.2) is 4.79 Å². The van der Waals surface area contributed by atoms with Crippen molar-refractivity contribution in [3.05, 3.63) is 11.8 Å². The van der Waals surface area contributed by atoms with Gasteiger partial charge in [0.1, 0.15) is 17.1 Å². The number of hydrogen-bond acceptors (Lipinski definition) is 4. The maximum absolute atomic E-state index is 11.4. The van der Waals surface area contributed by atoms with E-state index in [4.69, 9.17) is 10.8 Å². The summed E-state index contributed by atoms with van der Waals surface area (Å²) >= 11 is 0. The van der Waals surface area contributed by atoms with E-state index in [-0.39, 0.29) is 11.4 Å². The summed E-state index contributed by atoms with van der Waals surface area (Å²) in [5, 5.41) is 8.09. The van der Waals surface area contributed by atoms with Crippen LogP contribution in [0.4, 0.5) is 0 Å². The van der Waals surface area contributed by atoms with Crippen LogP contribution in [0, 0.1) is 0 Å². The first-order valence-corrected chi connectivity index (χ1v) is 5.31. The molecule has 0 aromatic carbocycles. The topological polar surface area (TPSA) is 101 Å². The van der Waals surface area contributed by atoms with Crippen molar-refractivity contribution >= 4 is 22.7 Å². The summed E-state index contributed by atoms with van der Waals surface area (Å²) in [6, 6.07) is -0.820. The average molecular weight is 216 g/mol. The van der Waals surface area contributed by atoms with Crippen LogP contribution in [0.1, 0.15) is 0 Å². The third-order valence-corrected chi connectivity index (χ3v) is 3.81. The fourth-order valence-electron chi connectivity index (χ4n) is 1.57. The summed E-state index contributed by atoms with van der Waals surface area (Å²) in [5.41, 5.74) is 5.32. The molecule has 0 bridgehead atoms. The molecule has 6 nitrogen and oxygen atoms in total. The first-order chi connectivity index (χ1) is 6.54. The van der Waals surface area contributed by atoms with Crippen LogP contribution < -0.4 is 5.73 Å². The van der Waals surface area contributed by atoms with Gasteiger partial charge in [0, 0.05) is 5.75 Å². The van der Waals surface area contributed by atoms with Gasteiger partial charge >= 0.3 is 5.97 Å². The molecule has 14 heavy (non-hydrogen) atoms. The molecule has 1 saturated heterocycles. The Labute approximate surface area is 81.8 Å². The zero-order valence-corrected chi connectivity index (χ0v) is 7.86. The highest BCUT2D eigenvalue weighted by Crippen LogP contribution is 2.30. The number of carbonyl (C=O) groups is 2. The number of β-lactam (4-membered cyclic amide) rings is 1. The van der Waals surface area contributed by atoms with Gasteiger partial charge in [-0.1, -0.05) is 0 Å². The number of fused-ring (bicyclic) bond motifs is 1. The van der Waals surface area contributed by atoms with E-state index in [1.54, 1.807) is 0 Å². The minimum atomic E-state index is -1.28. The van der Waals surface area contributed by atoms with E-state index >= 15 is 0 Å². The van der Waals surface area contributed by atoms with Crippen LogP contribution in [-0.4, -0.2) is 43.3 Å². The molecule has 76 valence electrons. The van der Waals surface area contributed by atoms with E-state index in [9.17, 15) is 13.8 Å². The van der Waals surface area contributed by atoms with Gasteiger partial charge in [0.15, 0.2) is 0 Å². The van der Waals surface area contributed by atoms with Gasteiger partial charge in [-0.3, -0.25) is 13.9 Å². The normalized spacial score (nSPS) is 35.8. The van der Waals surface area contributed by atoms with Gasteiger partial charge in [0.25, 0.3) is 0 Å². The molecule has 0 radical (unpaired) electrons. The summed E-state index contributed by atoms with van der Waals surface area (Å²) in [6.45, 7) is 0. The first-order valence-electron chi connectivity index (χ1n) is 3.93. The second-order valence-corrected chi connectivity index (χ2v) is 4.64. The largest absolute Gasteiger partial charge is 0.477 e. The summed E-state index contributed by atoms with van der Waals surface area (Å²) in [4.78, 5) is 22.9. The zero-order chi connectivity index (χ0) is 10.5. The van der Waals surface area contributed by atoms with Crippen molar-refractivity contribution in [2.45, 2.75) is 11.4 Å². The van der Waals surface area contributed by atoms with Crippen LogP contribution in [0.25, 0.3) is 0 Å². The van der Waals surface area contributed by atoms with Crippen LogP contribution in [0.3, 0.4) is 0 Å². The lowest BCUT2D eigenvalue weighted by Crippen LogP contribution is -2.71. The molecule has 2 heterocycles. The first kappa shape index (κ1) is 9.35. The lowest BCUT2D eigenvalue weighted by molar-refractivity contribution is -0.148. The van der Waals surface area contributed by atoms with Gasteiger partial charge in [0.2, 0.25) is 5.91 Å². The molecule has 0 aliphatic carbocycles.